The third-order valence-electron chi connectivity index (χ3n) is 5.11. The first-order valence-corrected chi connectivity index (χ1v) is 10.3. The van der Waals surface area contributed by atoms with E-state index in [1.54, 1.807) is 18.2 Å². The van der Waals surface area contributed by atoms with E-state index in [2.05, 4.69) is 5.32 Å². The van der Waals surface area contributed by atoms with Crippen molar-refractivity contribution in [2.24, 2.45) is 0 Å². The minimum Gasteiger partial charge on any atom is -0.479 e. The number of rotatable bonds is 8. The number of hydrogen-bond acceptors (Lipinski definition) is 5. The molecule has 0 atom stereocenters. The molecule has 0 spiro atoms. The number of anilines is 1. The third-order valence-corrected chi connectivity index (χ3v) is 5.11. The Bertz CT molecular complexity index is 1110. The van der Waals surface area contributed by atoms with E-state index in [0.717, 1.165) is 11.1 Å². The number of hydrogen-bond donors (Lipinski definition) is 2. The molecule has 8 nitrogen and oxygen atoms in total. The summed E-state index contributed by atoms with van der Waals surface area (Å²) < 4.78 is 10.8. The molecule has 168 valence electrons. The van der Waals surface area contributed by atoms with Crippen molar-refractivity contribution >= 4 is 23.5 Å². The predicted octanol–water partition coefficient (Wildman–Crippen LogP) is 2.78. The molecule has 0 saturated heterocycles. The molecule has 0 unspecified atom stereocenters. The second kappa shape index (κ2) is 9.86. The quantitative estimate of drug-likeness (QED) is 0.551. The van der Waals surface area contributed by atoms with Crippen LogP contribution in [0.4, 0.5) is 5.69 Å². The monoisotopic (exact) mass is 446 g/mol. The Balaban J connectivity index is 1.56. The van der Waals surface area contributed by atoms with Gasteiger partial charge in [0.1, 0.15) is 6.54 Å². The number of para-hydroxylation sites is 1. The molecule has 4 rings (SSSR count). The van der Waals surface area contributed by atoms with E-state index in [1.165, 1.54) is 4.90 Å². The van der Waals surface area contributed by atoms with E-state index in [-0.39, 0.29) is 42.5 Å². The van der Waals surface area contributed by atoms with Crippen LogP contribution in [-0.4, -0.2) is 42.6 Å². The zero-order valence-corrected chi connectivity index (χ0v) is 17.6. The Morgan fingerprint density at radius 1 is 0.970 bits per heavy atom. The second-order valence-corrected chi connectivity index (χ2v) is 7.38. The normalized spacial score (nSPS) is 12.6. The first kappa shape index (κ1) is 21.9. The Labute approximate surface area is 190 Å². The van der Waals surface area contributed by atoms with Crippen molar-refractivity contribution in [3.63, 3.8) is 0 Å². The number of carbonyl (C=O) groups excluding carboxylic acids is 2. The van der Waals surface area contributed by atoms with Gasteiger partial charge in [0, 0.05) is 0 Å². The fraction of sp³-hybridized carbons (Fsp3) is 0.160. The van der Waals surface area contributed by atoms with Gasteiger partial charge in [-0.2, -0.15) is 0 Å². The average molecular weight is 446 g/mol. The minimum atomic E-state index is -1.14. The van der Waals surface area contributed by atoms with Gasteiger partial charge in [0.05, 0.1) is 11.7 Å². The number of benzene rings is 3. The van der Waals surface area contributed by atoms with Crippen molar-refractivity contribution < 1.29 is 29.0 Å². The van der Waals surface area contributed by atoms with Crippen molar-refractivity contribution in [3.8, 4) is 11.5 Å². The summed E-state index contributed by atoms with van der Waals surface area (Å²) in [7, 11) is 0. The van der Waals surface area contributed by atoms with Gasteiger partial charge in [-0.25, -0.2) is 4.79 Å². The van der Waals surface area contributed by atoms with E-state index < -0.39 is 12.6 Å². The number of carboxylic acids is 1. The van der Waals surface area contributed by atoms with Crippen LogP contribution >= 0.6 is 0 Å². The second-order valence-electron chi connectivity index (χ2n) is 7.38. The highest BCUT2D eigenvalue weighted by Crippen LogP contribution is 2.40. The number of aliphatic carboxylic acids is 1. The van der Waals surface area contributed by atoms with Crippen LogP contribution in [0.2, 0.25) is 0 Å². The van der Waals surface area contributed by atoms with Crippen molar-refractivity contribution in [3.05, 3.63) is 90.0 Å². The molecule has 33 heavy (non-hydrogen) atoms. The van der Waals surface area contributed by atoms with Gasteiger partial charge in [-0.1, -0.05) is 66.7 Å². The number of amides is 2. The smallest absolute Gasteiger partial charge is 0.341 e. The summed E-state index contributed by atoms with van der Waals surface area (Å²) in [5, 5.41) is 11.9. The zero-order valence-electron chi connectivity index (χ0n) is 17.6. The minimum absolute atomic E-state index is 0.194. The summed E-state index contributed by atoms with van der Waals surface area (Å²) >= 11 is 0. The van der Waals surface area contributed by atoms with Crippen LogP contribution in [0.1, 0.15) is 17.2 Å². The number of carboxylic acid groups (broad SMARTS) is 1. The van der Waals surface area contributed by atoms with Crippen molar-refractivity contribution in [2.45, 2.75) is 6.04 Å². The fourth-order valence-corrected chi connectivity index (χ4v) is 3.63. The highest BCUT2D eigenvalue weighted by atomic mass is 16.5. The molecule has 2 amide bonds. The van der Waals surface area contributed by atoms with Gasteiger partial charge in [-0.3, -0.25) is 14.5 Å². The van der Waals surface area contributed by atoms with Gasteiger partial charge in [0.15, 0.2) is 24.7 Å². The molecule has 2 N–H and O–H groups in total. The molecule has 0 aliphatic carbocycles. The van der Waals surface area contributed by atoms with Gasteiger partial charge in [-0.15, -0.1) is 0 Å². The van der Waals surface area contributed by atoms with Crippen molar-refractivity contribution in [1.29, 1.82) is 0 Å². The zero-order chi connectivity index (χ0) is 23.2. The largest absolute Gasteiger partial charge is 0.479 e. The number of nitrogens with one attached hydrogen (secondary N) is 1. The summed E-state index contributed by atoms with van der Waals surface area (Å²) in [5.41, 5.74) is 2.17. The summed E-state index contributed by atoms with van der Waals surface area (Å²) in [4.78, 5) is 37.8. The van der Waals surface area contributed by atoms with E-state index >= 15 is 0 Å². The van der Waals surface area contributed by atoms with Gasteiger partial charge < -0.3 is 19.9 Å². The summed E-state index contributed by atoms with van der Waals surface area (Å²) in [5.74, 6) is -1.45. The van der Waals surface area contributed by atoms with Crippen LogP contribution < -0.4 is 19.7 Å². The van der Waals surface area contributed by atoms with Gasteiger partial charge in [-0.05, 0) is 23.3 Å². The lowest BCUT2D eigenvalue weighted by Gasteiger charge is -2.30. The molecule has 3 aromatic carbocycles. The average Bonchev–Trinajstić information content (AvgIpc) is 2.84. The molecule has 0 saturated carbocycles. The Morgan fingerprint density at radius 2 is 1.61 bits per heavy atom. The standard InChI is InChI=1S/C25H22N2O6/c28-21(26-24(17-8-3-1-4-9-17)18-10-5-2-6-11-18)14-27-19-12-7-13-20(32-16-23(30)31)25(19)33-15-22(27)29/h1-13,24H,14-16H2,(H,26,28)(H,30,31). The lowest BCUT2D eigenvalue weighted by molar-refractivity contribution is -0.139. The molecule has 0 fully saturated rings. The molecule has 1 aliphatic heterocycles. The number of nitrogens with zero attached hydrogens (tertiary/aromatic N) is 1. The first-order valence-electron chi connectivity index (χ1n) is 10.3. The molecule has 8 heteroatoms. The number of ether oxygens (including phenoxy) is 2. The summed E-state index contributed by atoms with van der Waals surface area (Å²) in [6, 6.07) is 23.5. The summed E-state index contributed by atoms with van der Waals surface area (Å²) in [6.45, 7) is -1.06. The first-order chi connectivity index (χ1) is 16.0. The number of fused-ring (bicyclic) bond motifs is 1. The van der Waals surface area contributed by atoms with Gasteiger partial charge in [0.25, 0.3) is 5.91 Å². The van der Waals surface area contributed by atoms with Gasteiger partial charge in [0.2, 0.25) is 5.91 Å². The molecule has 1 heterocycles. The Morgan fingerprint density at radius 3 is 2.21 bits per heavy atom. The molecular formula is C25H22N2O6. The van der Waals surface area contributed by atoms with E-state index in [1.807, 2.05) is 60.7 Å². The fourth-order valence-electron chi connectivity index (χ4n) is 3.63. The van der Waals surface area contributed by atoms with E-state index in [9.17, 15) is 14.4 Å². The maximum atomic E-state index is 13.1. The van der Waals surface area contributed by atoms with Crippen LogP contribution in [0.25, 0.3) is 0 Å². The van der Waals surface area contributed by atoms with Crippen molar-refractivity contribution in [1.82, 2.24) is 5.32 Å². The molecule has 0 aromatic heterocycles. The Hall–Kier alpha value is -4.33. The SMILES string of the molecule is O=C(O)COc1cccc2c1OCC(=O)N2CC(=O)NC(c1ccccc1)c1ccccc1. The maximum absolute atomic E-state index is 13.1. The van der Waals surface area contributed by atoms with Crippen LogP contribution in [-0.2, 0) is 14.4 Å². The third kappa shape index (κ3) is 5.12. The van der Waals surface area contributed by atoms with E-state index in [0.29, 0.717) is 5.69 Å². The maximum Gasteiger partial charge on any atom is 0.341 e. The number of carbonyl (C=O) groups is 3. The van der Waals surface area contributed by atoms with Gasteiger partial charge >= 0.3 is 5.97 Å². The van der Waals surface area contributed by atoms with Crippen LogP contribution in [0, 0.1) is 0 Å². The van der Waals surface area contributed by atoms with E-state index in [4.69, 9.17) is 14.6 Å². The van der Waals surface area contributed by atoms with Crippen LogP contribution in [0.15, 0.2) is 78.9 Å². The van der Waals surface area contributed by atoms with Crippen LogP contribution in [0.3, 0.4) is 0 Å². The van der Waals surface area contributed by atoms with Crippen LogP contribution in [0.5, 0.6) is 11.5 Å². The molecule has 0 bridgehead atoms. The van der Waals surface area contributed by atoms with Crippen molar-refractivity contribution in [2.75, 3.05) is 24.7 Å². The summed E-state index contributed by atoms with van der Waals surface area (Å²) in [6.07, 6.45) is 0. The molecular weight excluding hydrogens is 424 g/mol. The Kier molecular flexibility index (Phi) is 6.54. The molecule has 0 radical (unpaired) electrons. The highest BCUT2D eigenvalue weighted by Gasteiger charge is 2.30. The molecule has 1 aliphatic rings. The lowest BCUT2D eigenvalue weighted by Crippen LogP contribution is -2.46. The lowest BCUT2D eigenvalue weighted by atomic mass is 9.98. The highest BCUT2D eigenvalue weighted by molar-refractivity contribution is 6.02. The topological polar surface area (TPSA) is 105 Å². The molecule has 3 aromatic rings. The predicted molar refractivity (Wildman–Crippen MR) is 120 cm³/mol.